The summed E-state index contributed by atoms with van der Waals surface area (Å²) < 4.78 is 4.62. The first-order valence-electron chi connectivity index (χ1n) is 18.7. The van der Waals surface area contributed by atoms with Crippen molar-refractivity contribution in [1.29, 1.82) is 0 Å². The Morgan fingerprint density at radius 2 is 0.821 bits per heavy atom. The summed E-state index contributed by atoms with van der Waals surface area (Å²) in [5.74, 6) is 1.17. The maximum atomic E-state index is 4.94. The monoisotopic (exact) mass is 716 g/mol. The van der Waals surface area contributed by atoms with E-state index in [1.54, 1.807) is 0 Å². The number of rotatable bonds is 6. The molecular weight excluding hydrogens is 685 g/mol. The quantitative estimate of drug-likeness (QED) is 0.172. The molecule has 11 rings (SSSR count). The molecule has 11 aromatic rings. The lowest BCUT2D eigenvalue weighted by atomic mass is 10.0. The van der Waals surface area contributed by atoms with Crippen LogP contribution >= 0.6 is 0 Å². The van der Waals surface area contributed by atoms with Crippen LogP contribution in [0.25, 0.3) is 100 Å². The van der Waals surface area contributed by atoms with Crippen LogP contribution in [-0.4, -0.2) is 29.1 Å². The van der Waals surface area contributed by atoms with Crippen molar-refractivity contribution in [2.24, 2.45) is 0 Å². The number of hydrogen-bond donors (Lipinski definition) is 0. The molecule has 0 aliphatic carbocycles. The van der Waals surface area contributed by atoms with Gasteiger partial charge in [-0.25, -0.2) is 19.9 Å². The second-order valence-corrected chi connectivity index (χ2v) is 14.0. The van der Waals surface area contributed by atoms with E-state index < -0.39 is 0 Å². The van der Waals surface area contributed by atoms with Gasteiger partial charge in [0.25, 0.3) is 0 Å². The van der Waals surface area contributed by atoms with Crippen molar-refractivity contribution in [3.8, 4) is 56.7 Å². The number of para-hydroxylation sites is 3. The van der Waals surface area contributed by atoms with Crippen LogP contribution in [-0.2, 0) is 0 Å². The van der Waals surface area contributed by atoms with Crippen molar-refractivity contribution in [3.63, 3.8) is 0 Å². The number of fused-ring (bicyclic) bond motifs is 6. The molecule has 0 saturated heterocycles. The van der Waals surface area contributed by atoms with Gasteiger partial charge >= 0.3 is 0 Å². The van der Waals surface area contributed by atoms with Gasteiger partial charge in [-0.3, -0.25) is 0 Å². The van der Waals surface area contributed by atoms with E-state index in [2.05, 4.69) is 137 Å². The Bertz CT molecular complexity index is 3160. The van der Waals surface area contributed by atoms with E-state index >= 15 is 0 Å². The van der Waals surface area contributed by atoms with Crippen LogP contribution in [0.2, 0.25) is 0 Å². The summed E-state index contributed by atoms with van der Waals surface area (Å²) >= 11 is 0. The Morgan fingerprint density at radius 3 is 1.54 bits per heavy atom. The summed E-state index contributed by atoms with van der Waals surface area (Å²) in [6, 6.07) is 63.6. The molecule has 0 atom stereocenters. The zero-order chi connectivity index (χ0) is 37.0. The van der Waals surface area contributed by atoms with Gasteiger partial charge in [0.05, 0.1) is 45.8 Å². The summed E-state index contributed by atoms with van der Waals surface area (Å²) in [4.78, 5) is 19.7. The standard InChI is InChI=1S/C50H32N6/c1-4-14-33(15-5-1)43-30-44(54-49(53-43)34-16-6-2-7-17-34)50-51-31-38(32-52-50)56-46-23-13-11-21-40(46)42-28-35(25-27-47(42)56)36-24-26-41-39-20-10-12-22-45(39)55(48(41)29-36)37-18-8-3-9-19-37/h1-32H. The van der Waals surface area contributed by atoms with Crippen LogP contribution in [0.15, 0.2) is 194 Å². The first kappa shape index (κ1) is 31.8. The van der Waals surface area contributed by atoms with Crippen molar-refractivity contribution in [3.05, 3.63) is 194 Å². The highest BCUT2D eigenvalue weighted by Crippen LogP contribution is 2.38. The molecule has 0 bridgehead atoms. The highest BCUT2D eigenvalue weighted by atomic mass is 15.0. The van der Waals surface area contributed by atoms with Crippen LogP contribution < -0.4 is 0 Å². The molecule has 7 aromatic carbocycles. The van der Waals surface area contributed by atoms with Gasteiger partial charge < -0.3 is 9.13 Å². The molecule has 4 heterocycles. The first-order valence-corrected chi connectivity index (χ1v) is 18.7. The number of benzene rings is 7. The molecule has 4 aromatic heterocycles. The van der Waals surface area contributed by atoms with E-state index in [1.165, 1.54) is 38.1 Å². The smallest absolute Gasteiger partial charge is 0.178 e. The van der Waals surface area contributed by atoms with E-state index in [9.17, 15) is 0 Å². The van der Waals surface area contributed by atoms with Crippen LogP contribution in [0.4, 0.5) is 0 Å². The first-order chi connectivity index (χ1) is 27.8. The number of hydrogen-bond acceptors (Lipinski definition) is 4. The third-order valence-electron chi connectivity index (χ3n) is 10.6. The van der Waals surface area contributed by atoms with Crippen LogP contribution in [0.1, 0.15) is 0 Å². The summed E-state index contributed by atoms with van der Waals surface area (Å²) in [7, 11) is 0. The Labute approximate surface area is 322 Å². The molecule has 6 nitrogen and oxygen atoms in total. The second-order valence-electron chi connectivity index (χ2n) is 14.0. The Morgan fingerprint density at radius 1 is 0.304 bits per heavy atom. The third-order valence-corrected chi connectivity index (χ3v) is 10.6. The van der Waals surface area contributed by atoms with Gasteiger partial charge in [-0.1, -0.05) is 133 Å². The summed E-state index contributed by atoms with van der Waals surface area (Å²) in [5, 5.41) is 4.83. The minimum Gasteiger partial charge on any atom is -0.309 e. The fourth-order valence-corrected chi connectivity index (χ4v) is 8.04. The molecule has 0 aliphatic heterocycles. The van der Waals surface area contributed by atoms with Crippen molar-refractivity contribution < 1.29 is 0 Å². The van der Waals surface area contributed by atoms with Crippen molar-refractivity contribution in [2.45, 2.75) is 0 Å². The Kier molecular flexibility index (Phi) is 7.38. The zero-order valence-electron chi connectivity index (χ0n) is 30.2. The molecule has 0 unspecified atom stereocenters. The maximum absolute atomic E-state index is 4.94. The van der Waals surface area contributed by atoms with Crippen molar-refractivity contribution >= 4 is 43.6 Å². The van der Waals surface area contributed by atoms with E-state index in [0.29, 0.717) is 17.3 Å². The fraction of sp³-hybridized carbons (Fsp3) is 0. The summed E-state index contributed by atoms with van der Waals surface area (Å²) in [6.45, 7) is 0. The molecule has 0 amide bonds. The minimum atomic E-state index is 0.539. The topological polar surface area (TPSA) is 61.4 Å². The van der Waals surface area contributed by atoms with Crippen LogP contribution in [0.5, 0.6) is 0 Å². The Hall–Kier alpha value is -7.70. The van der Waals surface area contributed by atoms with Gasteiger partial charge in [-0.05, 0) is 59.7 Å². The molecule has 0 aliphatic rings. The zero-order valence-corrected chi connectivity index (χ0v) is 30.2. The predicted octanol–water partition coefficient (Wildman–Crippen LogP) is 12.1. The summed E-state index contributed by atoms with van der Waals surface area (Å²) in [6.07, 6.45) is 3.79. The average Bonchev–Trinajstić information content (AvgIpc) is 3.79. The molecular formula is C50H32N6. The van der Waals surface area contributed by atoms with Gasteiger partial charge in [0.2, 0.25) is 0 Å². The lowest BCUT2D eigenvalue weighted by molar-refractivity contribution is 1.06. The van der Waals surface area contributed by atoms with Crippen LogP contribution in [0, 0.1) is 0 Å². The normalized spacial score (nSPS) is 11.6. The third kappa shape index (κ3) is 5.27. The predicted molar refractivity (Wildman–Crippen MR) is 228 cm³/mol. The van der Waals surface area contributed by atoms with Gasteiger partial charge in [0.1, 0.15) is 5.69 Å². The Balaban J connectivity index is 1.02. The fourth-order valence-electron chi connectivity index (χ4n) is 8.04. The van der Waals surface area contributed by atoms with Crippen molar-refractivity contribution in [2.75, 3.05) is 0 Å². The highest BCUT2D eigenvalue weighted by molar-refractivity contribution is 6.12. The van der Waals surface area contributed by atoms with E-state index in [1.807, 2.05) is 67.0 Å². The van der Waals surface area contributed by atoms with Gasteiger partial charge in [0, 0.05) is 38.4 Å². The van der Waals surface area contributed by atoms with Crippen LogP contribution in [0.3, 0.4) is 0 Å². The average molecular weight is 717 g/mol. The molecule has 0 radical (unpaired) electrons. The minimum absolute atomic E-state index is 0.539. The molecule has 56 heavy (non-hydrogen) atoms. The lowest BCUT2D eigenvalue weighted by Crippen LogP contribution is -2.01. The molecule has 6 heteroatoms. The van der Waals surface area contributed by atoms with Crippen molar-refractivity contribution in [1.82, 2.24) is 29.1 Å². The number of aromatic nitrogens is 6. The van der Waals surface area contributed by atoms with Gasteiger partial charge in [0.15, 0.2) is 11.6 Å². The molecule has 0 saturated carbocycles. The number of nitrogens with zero attached hydrogens (tertiary/aromatic N) is 6. The van der Waals surface area contributed by atoms with E-state index in [-0.39, 0.29) is 0 Å². The maximum Gasteiger partial charge on any atom is 0.178 e. The molecule has 262 valence electrons. The summed E-state index contributed by atoms with van der Waals surface area (Å²) in [5.41, 5.74) is 12.3. The molecule has 0 fully saturated rings. The second kappa shape index (κ2) is 13.0. The van der Waals surface area contributed by atoms with E-state index in [4.69, 9.17) is 19.9 Å². The largest absolute Gasteiger partial charge is 0.309 e. The molecule has 0 spiro atoms. The lowest BCUT2D eigenvalue weighted by Gasteiger charge is -2.11. The van der Waals surface area contributed by atoms with Gasteiger partial charge in [-0.15, -0.1) is 0 Å². The van der Waals surface area contributed by atoms with E-state index in [0.717, 1.165) is 44.8 Å². The SMILES string of the molecule is c1ccc(-c2cc(-c3ncc(-n4c5ccccc5c5cc(-c6ccc7c8ccccc8n(-c8ccccc8)c7c6)ccc54)cn3)nc(-c3ccccc3)n2)cc1. The van der Waals surface area contributed by atoms with Gasteiger partial charge in [-0.2, -0.15) is 0 Å². The highest BCUT2D eigenvalue weighted by Gasteiger charge is 2.18. The molecule has 0 N–H and O–H groups in total.